The van der Waals surface area contributed by atoms with Crippen molar-refractivity contribution in [2.24, 2.45) is 0 Å². The number of rotatable bonds is 7. The number of hydrogen-bond acceptors (Lipinski definition) is 0. The first-order chi connectivity index (χ1) is 13.6. The summed E-state index contributed by atoms with van der Waals surface area (Å²) in [5, 5.41) is 0. The predicted octanol–water partition coefficient (Wildman–Crippen LogP) is 7.25. The Hall–Kier alpha value is -2.64. The fourth-order valence-corrected chi connectivity index (χ4v) is 2.84. The van der Waals surface area contributed by atoms with Gasteiger partial charge in [-0.25, -0.2) is 22.0 Å². The Labute approximate surface area is 162 Å². The van der Waals surface area contributed by atoms with Gasteiger partial charge in [0.15, 0.2) is 23.3 Å². The Morgan fingerprint density at radius 2 is 1.38 bits per heavy atom. The van der Waals surface area contributed by atoms with Crippen LogP contribution in [0.15, 0.2) is 49.1 Å². The zero-order valence-electron chi connectivity index (χ0n) is 15.0. The Balaban J connectivity index is 2.16. The molecule has 0 amide bonds. The Morgan fingerprint density at radius 3 is 1.86 bits per heavy atom. The molecule has 0 aliphatic rings. The number of alkyl halides is 3. The van der Waals surface area contributed by atoms with E-state index in [0.717, 1.165) is 11.6 Å². The summed E-state index contributed by atoms with van der Waals surface area (Å²) >= 11 is 0. The SMILES string of the molecule is C=CC(CC/C=C/Cc1ccc(F)cc1)c1c(F)c(F)c(C(F)(F)F)c(F)c1F. The van der Waals surface area contributed by atoms with E-state index in [9.17, 15) is 35.1 Å². The zero-order chi connectivity index (χ0) is 21.8. The van der Waals surface area contributed by atoms with E-state index in [1.807, 2.05) is 0 Å². The van der Waals surface area contributed by atoms with Crippen molar-refractivity contribution >= 4 is 0 Å². The second-order valence-corrected chi connectivity index (χ2v) is 6.26. The monoisotopic (exact) mass is 420 g/mol. The van der Waals surface area contributed by atoms with Gasteiger partial charge in [0.1, 0.15) is 11.4 Å². The molecule has 0 N–H and O–H groups in total. The molecule has 0 heterocycles. The van der Waals surface area contributed by atoms with E-state index in [1.165, 1.54) is 12.1 Å². The summed E-state index contributed by atoms with van der Waals surface area (Å²) in [4.78, 5) is 0. The van der Waals surface area contributed by atoms with Gasteiger partial charge in [-0.1, -0.05) is 30.4 Å². The molecular weight excluding hydrogens is 404 g/mol. The van der Waals surface area contributed by atoms with Crippen LogP contribution in [0.5, 0.6) is 0 Å². The Bertz CT molecular complexity index is 865. The molecule has 1 unspecified atom stereocenters. The topological polar surface area (TPSA) is 0 Å². The maximum absolute atomic E-state index is 14.1. The minimum absolute atomic E-state index is 0.0402. The minimum Gasteiger partial charge on any atom is -0.207 e. The highest BCUT2D eigenvalue weighted by Gasteiger charge is 2.42. The van der Waals surface area contributed by atoms with Gasteiger partial charge in [-0.3, -0.25) is 0 Å². The molecule has 2 aromatic rings. The van der Waals surface area contributed by atoms with E-state index >= 15 is 0 Å². The van der Waals surface area contributed by atoms with Gasteiger partial charge in [0.05, 0.1) is 0 Å². The molecule has 2 aromatic carbocycles. The molecule has 0 nitrogen and oxygen atoms in total. The van der Waals surface area contributed by atoms with Crippen LogP contribution in [0, 0.1) is 29.1 Å². The molecule has 29 heavy (non-hydrogen) atoms. The normalized spacial score (nSPS) is 13.1. The van der Waals surface area contributed by atoms with Crippen molar-refractivity contribution in [3.05, 3.63) is 94.8 Å². The summed E-state index contributed by atoms with van der Waals surface area (Å²) in [6.07, 6.45) is -0.614. The first-order valence-corrected chi connectivity index (χ1v) is 8.53. The molecule has 0 fully saturated rings. The first-order valence-electron chi connectivity index (χ1n) is 8.53. The third-order valence-corrected chi connectivity index (χ3v) is 4.31. The largest absolute Gasteiger partial charge is 0.422 e. The van der Waals surface area contributed by atoms with Crippen molar-refractivity contribution in [2.75, 3.05) is 0 Å². The second-order valence-electron chi connectivity index (χ2n) is 6.26. The lowest BCUT2D eigenvalue weighted by Crippen LogP contribution is -2.18. The van der Waals surface area contributed by atoms with Gasteiger partial charge >= 0.3 is 6.18 Å². The van der Waals surface area contributed by atoms with Crippen molar-refractivity contribution in [1.82, 2.24) is 0 Å². The van der Waals surface area contributed by atoms with Crippen LogP contribution in [0.25, 0.3) is 0 Å². The van der Waals surface area contributed by atoms with Crippen LogP contribution in [-0.4, -0.2) is 0 Å². The fraction of sp³-hybridized carbons (Fsp3) is 0.238. The number of halogens is 8. The first kappa shape index (κ1) is 22.6. The van der Waals surface area contributed by atoms with E-state index in [0.29, 0.717) is 6.42 Å². The van der Waals surface area contributed by atoms with Gasteiger partial charge in [-0.15, -0.1) is 6.58 Å². The summed E-state index contributed by atoms with van der Waals surface area (Å²) in [6.45, 7) is 3.34. The van der Waals surface area contributed by atoms with Crippen molar-refractivity contribution in [2.45, 2.75) is 31.4 Å². The highest BCUT2D eigenvalue weighted by Crippen LogP contribution is 2.39. The second kappa shape index (κ2) is 9.24. The van der Waals surface area contributed by atoms with Crippen LogP contribution in [0.4, 0.5) is 35.1 Å². The lowest BCUT2D eigenvalue weighted by Gasteiger charge is -2.18. The van der Waals surface area contributed by atoms with Gasteiger partial charge in [0.25, 0.3) is 0 Å². The van der Waals surface area contributed by atoms with E-state index in [1.54, 1.807) is 24.3 Å². The van der Waals surface area contributed by atoms with E-state index in [-0.39, 0.29) is 18.7 Å². The summed E-state index contributed by atoms with van der Waals surface area (Å²) < 4.78 is 107. The van der Waals surface area contributed by atoms with Crippen LogP contribution in [0.2, 0.25) is 0 Å². The molecule has 0 aliphatic carbocycles. The van der Waals surface area contributed by atoms with Crippen LogP contribution >= 0.6 is 0 Å². The maximum Gasteiger partial charge on any atom is 0.422 e. The van der Waals surface area contributed by atoms with Gasteiger partial charge in [-0.2, -0.15) is 13.2 Å². The smallest absolute Gasteiger partial charge is 0.207 e. The average molecular weight is 420 g/mol. The van der Waals surface area contributed by atoms with Crippen molar-refractivity contribution in [1.29, 1.82) is 0 Å². The summed E-state index contributed by atoms with van der Waals surface area (Å²) in [5.74, 6) is -10.8. The van der Waals surface area contributed by atoms with E-state index < -0.39 is 46.5 Å². The van der Waals surface area contributed by atoms with Crippen molar-refractivity contribution < 1.29 is 35.1 Å². The molecule has 0 bridgehead atoms. The molecule has 0 saturated heterocycles. The predicted molar refractivity (Wildman–Crippen MR) is 92.7 cm³/mol. The lowest BCUT2D eigenvalue weighted by atomic mass is 9.91. The summed E-state index contributed by atoms with van der Waals surface area (Å²) in [6, 6.07) is 5.72. The molecule has 0 aliphatic heterocycles. The molecule has 0 spiro atoms. The van der Waals surface area contributed by atoms with Crippen LogP contribution < -0.4 is 0 Å². The minimum atomic E-state index is -5.58. The quantitative estimate of drug-likeness (QED) is 0.251. The highest BCUT2D eigenvalue weighted by atomic mass is 19.4. The maximum atomic E-state index is 14.1. The third kappa shape index (κ3) is 5.25. The van der Waals surface area contributed by atoms with Gasteiger partial charge in [0, 0.05) is 11.5 Å². The van der Waals surface area contributed by atoms with E-state index in [2.05, 4.69) is 6.58 Å². The molecule has 2 rings (SSSR count). The number of allylic oxidation sites excluding steroid dienone is 3. The van der Waals surface area contributed by atoms with Crippen LogP contribution in [0.3, 0.4) is 0 Å². The van der Waals surface area contributed by atoms with Crippen molar-refractivity contribution in [3.8, 4) is 0 Å². The molecule has 1 atom stereocenters. The summed E-state index contributed by atoms with van der Waals surface area (Å²) in [7, 11) is 0. The number of benzene rings is 2. The molecular formula is C21H16F8. The molecule has 8 heteroatoms. The average Bonchev–Trinajstić information content (AvgIpc) is 2.65. The molecule has 156 valence electrons. The van der Waals surface area contributed by atoms with E-state index in [4.69, 9.17) is 0 Å². The third-order valence-electron chi connectivity index (χ3n) is 4.31. The molecule has 0 aromatic heterocycles. The fourth-order valence-electron chi connectivity index (χ4n) is 2.84. The Morgan fingerprint density at radius 1 is 0.828 bits per heavy atom. The summed E-state index contributed by atoms with van der Waals surface area (Å²) in [5.41, 5.74) is -2.92. The molecule has 0 saturated carbocycles. The Kier molecular flexibility index (Phi) is 7.21. The van der Waals surface area contributed by atoms with Gasteiger partial charge in [-0.05, 0) is 37.0 Å². The zero-order valence-corrected chi connectivity index (χ0v) is 15.0. The standard InChI is InChI=1S/C21H16F8/c1-2-13(7-5-3-4-6-12-8-10-14(22)11-9-12)15-17(23)19(25)16(21(27,28)29)20(26)18(15)24/h2-4,8-11,13H,1,5-7H2/b4-3+. The lowest BCUT2D eigenvalue weighted by molar-refractivity contribution is -0.143. The van der Waals surface area contributed by atoms with Crippen LogP contribution in [0.1, 0.15) is 35.4 Å². The van der Waals surface area contributed by atoms with Gasteiger partial charge < -0.3 is 0 Å². The highest BCUT2D eigenvalue weighted by molar-refractivity contribution is 5.35. The molecule has 0 radical (unpaired) electrons. The van der Waals surface area contributed by atoms with Gasteiger partial charge in [0.2, 0.25) is 0 Å². The van der Waals surface area contributed by atoms with Crippen LogP contribution in [-0.2, 0) is 12.6 Å². The number of hydrogen-bond donors (Lipinski definition) is 0. The van der Waals surface area contributed by atoms with Crippen molar-refractivity contribution in [3.63, 3.8) is 0 Å².